The maximum absolute atomic E-state index is 9.28. The molecule has 16 heavy (non-hydrogen) atoms. The molecule has 3 heteroatoms. The van der Waals surface area contributed by atoms with Gasteiger partial charge in [-0.3, -0.25) is 0 Å². The topological polar surface area (TPSA) is 33.4 Å². The van der Waals surface area contributed by atoms with Crippen LogP contribution in [0.15, 0.2) is 40.8 Å². The van der Waals surface area contributed by atoms with Gasteiger partial charge in [-0.1, -0.05) is 18.2 Å². The van der Waals surface area contributed by atoms with Crippen LogP contribution in [0.3, 0.4) is 0 Å². The van der Waals surface area contributed by atoms with Gasteiger partial charge in [0.1, 0.15) is 11.5 Å². The Morgan fingerprint density at radius 1 is 1.25 bits per heavy atom. The molecule has 1 aromatic carbocycles. The highest BCUT2D eigenvalue weighted by atomic mass is 127. The minimum atomic E-state index is -0.367. The lowest BCUT2D eigenvalue weighted by molar-refractivity contribution is 0.187. The lowest BCUT2D eigenvalue weighted by atomic mass is 10.2. The summed E-state index contributed by atoms with van der Waals surface area (Å²) in [7, 11) is 0. The van der Waals surface area contributed by atoms with Gasteiger partial charge in [-0.15, -0.1) is 0 Å². The monoisotopic (exact) mass is 328 g/mol. The third kappa shape index (κ3) is 2.65. The zero-order chi connectivity index (χ0) is 11.5. The third-order valence-electron chi connectivity index (χ3n) is 2.30. The Bertz CT molecular complexity index is 474. The molecule has 0 radical (unpaired) electrons. The molecule has 0 aliphatic heterocycles. The summed E-state index contributed by atoms with van der Waals surface area (Å²) in [6.07, 6.45) is 0.192. The molecule has 1 aromatic heterocycles. The number of aliphatic hydroxyl groups is 1. The molecule has 0 spiro atoms. The summed E-state index contributed by atoms with van der Waals surface area (Å²) >= 11 is 2.29. The fourth-order valence-electron chi connectivity index (χ4n) is 1.58. The summed E-state index contributed by atoms with van der Waals surface area (Å²) in [5.74, 6) is 1.69. The van der Waals surface area contributed by atoms with Crippen LogP contribution in [0.2, 0.25) is 0 Å². The average Bonchev–Trinajstić information content (AvgIpc) is 2.66. The molecular formula is C13H13IO2. The largest absolute Gasteiger partial charge is 0.461 e. The van der Waals surface area contributed by atoms with Crippen molar-refractivity contribution >= 4 is 22.6 Å². The van der Waals surface area contributed by atoms with E-state index in [1.807, 2.05) is 36.4 Å². The molecule has 2 rings (SSSR count). The second kappa shape index (κ2) is 5.01. The molecule has 0 saturated carbocycles. The molecule has 1 heterocycles. The molecule has 1 atom stereocenters. The lowest BCUT2D eigenvalue weighted by Crippen LogP contribution is -2.02. The van der Waals surface area contributed by atoms with Crippen molar-refractivity contribution in [1.82, 2.24) is 0 Å². The molecule has 0 bridgehead atoms. The van der Waals surface area contributed by atoms with Crippen LogP contribution in [0.1, 0.15) is 12.7 Å². The molecule has 0 amide bonds. The summed E-state index contributed by atoms with van der Waals surface area (Å²) in [5, 5.41) is 9.28. The molecule has 2 aromatic rings. The lowest BCUT2D eigenvalue weighted by Gasteiger charge is -2.01. The Labute approximate surface area is 108 Å². The minimum absolute atomic E-state index is 0.367. The van der Waals surface area contributed by atoms with E-state index in [2.05, 4.69) is 22.6 Å². The average molecular weight is 328 g/mol. The van der Waals surface area contributed by atoms with E-state index in [0.29, 0.717) is 6.42 Å². The van der Waals surface area contributed by atoms with Crippen LogP contribution >= 0.6 is 22.6 Å². The molecule has 0 aliphatic carbocycles. The van der Waals surface area contributed by atoms with E-state index in [0.717, 1.165) is 20.7 Å². The number of rotatable bonds is 3. The van der Waals surface area contributed by atoms with Crippen molar-refractivity contribution in [3.05, 3.63) is 45.7 Å². The Morgan fingerprint density at radius 3 is 2.69 bits per heavy atom. The standard InChI is InChI=1S/C13H13IO2/c1-9(15)8-10-6-7-13(16-10)11-4-2-3-5-12(11)14/h2-7,9,15H,8H2,1H3. The van der Waals surface area contributed by atoms with Gasteiger partial charge in [-0.2, -0.15) is 0 Å². The Hall–Kier alpha value is -0.810. The number of aliphatic hydroxyl groups excluding tert-OH is 1. The van der Waals surface area contributed by atoms with Gasteiger partial charge in [0.15, 0.2) is 0 Å². The quantitative estimate of drug-likeness (QED) is 0.875. The van der Waals surface area contributed by atoms with Gasteiger partial charge in [-0.25, -0.2) is 0 Å². The van der Waals surface area contributed by atoms with Gasteiger partial charge in [0, 0.05) is 15.6 Å². The molecule has 0 saturated heterocycles. The smallest absolute Gasteiger partial charge is 0.135 e. The van der Waals surface area contributed by atoms with E-state index in [4.69, 9.17) is 4.42 Å². The molecule has 84 valence electrons. The van der Waals surface area contributed by atoms with Crippen LogP contribution < -0.4 is 0 Å². The van der Waals surface area contributed by atoms with Crippen molar-refractivity contribution < 1.29 is 9.52 Å². The highest BCUT2D eigenvalue weighted by Gasteiger charge is 2.08. The van der Waals surface area contributed by atoms with Crippen LogP contribution in [0.25, 0.3) is 11.3 Å². The van der Waals surface area contributed by atoms with Crippen LogP contribution in [0, 0.1) is 3.57 Å². The fraction of sp³-hybridized carbons (Fsp3) is 0.231. The second-order valence-corrected chi connectivity index (χ2v) is 4.96. The Balaban J connectivity index is 2.28. The maximum Gasteiger partial charge on any atom is 0.135 e. The summed E-state index contributed by atoms with van der Waals surface area (Å²) in [5.41, 5.74) is 1.10. The summed E-state index contributed by atoms with van der Waals surface area (Å²) in [4.78, 5) is 0. The molecule has 0 aliphatic rings. The van der Waals surface area contributed by atoms with Crippen molar-refractivity contribution in [3.63, 3.8) is 0 Å². The molecule has 2 nitrogen and oxygen atoms in total. The van der Waals surface area contributed by atoms with Gasteiger partial charge in [0.05, 0.1) is 6.10 Å². The molecule has 1 unspecified atom stereocenters. The SMILES string of the molecule is CC(O)Cc1ccc(-c2ccccc2I)o1. The van der Waals surface area contributed by atoms with Crippen molar-refractivity contribution in [3.8, 4) is 11.3 Å². The van der Waals surface area contributed by atoms with Crippen LogP contribution in [0.4, 0.5) is 0 Å². The minimum Gasteiger partial charge on any atom is -0.461 e. The van der Waals surface area contributed by atoms with Gasteiger partial charge in [0.25, 0.3) is 0 Å². The first-order valence-corrected chi connectivity index (χ1v) is 6.26. The first-order valence-electron chi connectivity index (χ1n) is 5.18. The maximum atomic E-state index is 9.28. The van der Waals surface area contributed by atoms with Crippen LogP contribution in [-0.4, -0.2) is 11.2 Å². The fourth-order valence-corrected chi connectivity index (χ4v) is 2.24. The first-order chi connectivity index (χ1) is 7.66. The number of benzene rings is 1. The van der Waals surface area contributed by atoms with E-state index >= 15 is 0 Å². The van der Waals surface area contributed by atoms with E-state index in [1.165, 1.54) is 0 Å². The number of furan rings is 1. The van der Waals surface area contributed by atoms with Crippen molar-refractivity contribution in [2.45, 2.75) is 19.4 Å². The summed E-state index contributed by atoms with van der Waals surface area (Å²) in [6.45, 7) is 1.76. The zero-order valence-electron chi connectivity index (χ0n) is 8.98. The van der Waals surface area contributed by atoms with Gasteiger partial charge in [-0.05, 0) is 47.7 Å². The first kappa shape index (κ1) is 11.7. The Morgan fingerprint density at radius 2 is 2.00 bits per heavy atom. The predicted molar refractivity (Wildman–Crippen MR) is 72.2 cm³/mol. The third-order valence-corrected chi connectivity index (χ3v) is 3.24. The zero-order valence-corrected chi connectivity index (χ0v) is 11.1. The summed E-state index contributed by atoms with van der Waals surface area (Å²) < 4.78 is 6.86. The molecule has 1 N–H and O–H groups in total. The van der Waals surface area contributed by atoms with E-state index in [9.17, 15) is 5.11 Å². The van der Waals surface area contributed by atoms with Crippen molar-refractivity contribution in [2.24, 2.45) is 0 Å². The second-order valence-electron chi connectivity index (χ2n) is 3.80. The van der Waals surface area contributed by atoms with E-state index in [-0.39, 0.29) is 6.10 Å². The van der Waals surface area contributed by atoms with Crippen LogP contribution in [-0.2, 0) is 6.42 Å². The highest BCUT2D eigenvalue weighted by Crippen LogP contribution is 2.27. The summed E-state index contributed by atoms with van der Waals surface area (Å²) in [6, 6.07) is 12.0. The van der Waals surface area contributed by atoms with E-state index in [1.54, 1.807) is 6.92 Å². The number of hydrogen-bond acceptors (Lipinski definition) is 2. The normalized spacial score (nSPS) is 12.7. The van der Waals surface area contributed by atoms with Gasteiger partial charge in [0.2, 0.25) is 0 Å². The molecular weight excluding hydrogens is 315 g/mol. The molecule has 0 fully saturated rings. The predicted octanol–water partition coefficient (Wildman–Crippen LogP) is 3.47. The van der Waals surface area contributed by atoms with Crippen molar-refractivity contribution in [2.75, 3.05) is 0 Å². The van der Waals surface area contributed by atoms with Crippen LogP contribution in [0.5, 0.6) is 0 Å². The van der Waals surface area contributed by atoms with Crippen molar-refractivity contribution in [1.29, 1.82) is 0 Å². The Kier molecular flexibility index (Phi) is 3.66. The number of halogens is 1. The highest BCUT2D eigenvalue weighted by molar-refractivity contribution is 14.1. The van der Waals surface area contributed by atoms with Gasteiger partial charge >= 0.3 is 0 Å². The number of hydrogen-bond donors (Lipinski definition) is 1. The van der Waals surface area contributed by atoms with E-state index < -0.39 is 0 Å². The van der Waals surface area contributed by atoms with Gasteiger partial charge < -0.3 is 9.52 Å².